The molecule has 0 atom stereocenters. The average molecular weight is 506 g/mol. The number of rotatable bonds is 3. The van der Waals surface area contributed by atoms with E-state index >= 15 is 0 Å². The third-order valence-corrected chi connectivity index (χ3v) is 5.08. The summed E-state index contributed by atoms with van der Waals surface area (Å²) in [5.41, 5.74) is 12.9. The van der Waals surface area contributed by atoms with Crippen LogP contribution in [-0.4, -0.2) is 24.2 Å². The molecular weight excluding hydrogens is 479 g/mol. The molecule has 1 aromatic heterocycles. The number of nitrogens with zero attached hydrogens (tertiary/aromatic N) is 1. The SMILES string of the molecule is Cc1cc(CN=C(N)Nc2ccc3c(c2)OCCCO3)c2[nH]c(C)c(C)c2c1.I. The van der Waals surface area contributed by atoms with Crippen LogP contribution in [0.5, 0.6) is 11.5 Å². The van der Waals surface area contributed by atoms with Crippen molar-refractivity contribution in [1.29, 1.82) is 0 Å². The van der Waals surface area contributed by atoms with Gasteiger partial charge in [0.1, 0.15) is 0 Å². The Morgan fingerprint density at radius 1 is 1.10 bits per heavy atom. The molecule has 0 bridgehead atoms. The lowest BCUT2D eigenvalue weighted by molar-refractivity contribution is 0.297. The smallest absolute Gasteiger partial charge is 0.193 e. The minimum absolute atomic E-state index is 0. The first-order valence-corrected chi connectivity index (χ1v) is 9.56. The van der Waals surface area contributed by atoms with Crippen molar-refractivity contribution >= 4 is 46.5 Å². The van der Waals surface area contributed by atoms with Gasteiger partial charge in [-0.15, -0.1) is 24.0 Å². The number of aromatic amines is 1. The maximum Gasteiger partial charge on any atom is 0.193 e. The molecule has 0 amide bonds. The number of H-pyrrole nitrogens is 1. The van der Waals surface area contributed by atoms with Crippen LogP contribution in [0.4, 0.5) is 5.69 Å². The van der Waals surface area contributed by atoms with Gasteiger partial charge in [0, 0.05) is 29.3 Å². The topological polar surface area (TPSA) is 84.7 Å². The normalized spacial score (nSPS) is 13.7. The molecule has 4 N–H and O–H groups in total. The Morgan fingerprint density at radius 2 is 1.86 bits per heavy atom. The zero-order chi connectivity index (χ0) is 19.7. The summed E-state index contributed by atoms with van der Waals surface area (Å²) in [6, 6.07) is 10.1. The van der Waals surface area contributed by atoms with Gasteiger partial charge in [0.05, 0.1) is 25.3 Å². The Bertz CT molecular complexity index is 1060. The number of aliphatic imine (C=N–C) groups is 1. The molecule has 2 aromatic carbocycles. The maximum atomic E-state index is 6.13. The summed E-state index contributed by atoms with van der Waals surface area (Å²) in [5, 5.41) is 4.39. The molecule has 3 aromatic rings. The second kappa shape index (κ2) is 8.94. The lowest BCUT2D eigenvalue weighted by atomic mass is 10.0. The number of nitrogens with two attached hydrogens (primary N) is 1. The van der Waals surface area contributed by atoms with Crippen LogP contribution >= 0.6 is 24.0 Å². The third-order valence-electron chi connectivity index (χ3n) is 5.08. The summed E-state index contributed by atoms with van der Waals surface area (Å²) in [5.74, 6) is 1.86. The van der Waals surface area contributed by atoms with E-state index in [1.165, 1.54) is 22.2 Å². The van der Waals surface area contributed by atoms with E-state index in [0.29, 0.717) is 25.7 Å². The number of nitrogens with one attached hydrogen (secondary N) is 2. The molecule has 0 radical (unpaired) electrons. The summed E-state index contributed by atoms with van der Waals surface area (Å²) in [4.78, 5) is 8.02. The van der Waals surface area contributed by atoms with Crippen LogP contribution in [-0.2, 0) is 6.54 Å². The monoisotopic (exact) mass is 506 g/mol. The van der Waals surface area contributed by atoms with Crippen LogP contribution < -0.4 is 20.5 Å². The molecule has 154 valence electrons. The zero-order valence-electron chi connectivity index (χ0n) is 17.0. The van der Waals surface area contributed by atoms with Gasteiger partial charge in [0.2, 0.25) is 0 Å². The number of ether oxygens (including phenoxy) is 2. The molecule has 0 aliphatic carbocycles. The zero-order valence-corrected chi connectivity index (χ0v) is 19.3. The molecule has 1 aliphatic rings. The van der Waals surface area contributed by atoms with Crippen molar-refractivity contribution in [3.63, 3.8) is 0 Å². The molecule has 2 heterocycles. The van der Waals surface area contributed by atoms with Crippen LogP contribution in [0.2, 0.25) is 0 Å². The lowest BCUT2D eigenvalue weighted by Crippen LogP contribution is -2.22. The quantitative estimate of drug-likeness (QED) is 0.271. The van der Waals surface area contributed by atoms with Crippen molar-refractivity contribution < 1.29 is 9.47 Å². The molecule has 0 saturated carbocycles. The maximum absolute atomic E-state index is 6.13. The van der Waals surface area contributed by atoms with Gasteiger partial charge in [-0.2, -0.15) is 0 Å². The second-order valence-corrected chi connectivity index (χ2v) is 7.26. The molecule has 7 heteroatoms. The number of benzene rings is 2. The van der Waals surface area contributed by atoms with E-state index < -0.39 is 0 Å². The minimum atomic E-state index is 0. The van der Waals surface area contributed by atoms with Gasteiger partial charge in [-0.05, 0) is 50.1 Å². The molecule has 1 aliphatic heterocycles. The van der Waals surface area contributed by atoms with Gasteiger partial charge in [0.15, 0.2) is 17.5 Å². The molecule has 4 rings (SSSR count). The fourth-order valence-electron chi connectivity index (χ4n) is 3.51. The van der Waals surface area contributed by atoms with Gasteiger partial charge in [0.25, 0.3) is 0 Å². The van der Waals surface area contributed by atoms with E-state index in [0.717, 1.165) is 34.7 Å². The fraction of sp³-hybridized carbons (Fsp3) is 0.318. The van der Waals surface area contributed by atoms with Gasteiger partial charge >= 0.3 is 0 Å². The number of halogens is 1. The molecule has 0 fully saturated rings. The van der Waals surface area contributed by atoms with Crippen molar-refractivity contribution in [3.05, 3.63) is 52.7 Å². The van der Waals surface area contributed by atoms with E-state index in [2.05, 4.69) is 48.2 Å². The number of aryl methyl sites for hydroxylation is 3. The summed E-state index contributed by atoms with van der Waals surface area (Å²) in [6.45, 7) is 8.16. The molecular formula is C22H27IN4O2. The first-order chi connectivity index (χ1) is 13.5. The highest BCUT2D eigenvalue weighted by atomic mass is 127. The number of anilines is 1. The predicted molar refractivity (Wildman–Crippen MR) is 129 cm³/mol. The molecule has 6 nitrogen and oxygen atoms in total. The van der Waals surface area contributed by atoms with Crippen LogP contribution in [0.15, 0.2) is 35.3 Å². The molecule has 0 unspecified atom stereocenters. The highest BCUT2D eigenvalue weighted by Gasteiger charge is 2.12. The van der Waals surface area contributed by atoms with Crippen molar-refractivity contribution in [1.82, 2.24) is 4.98 Å². The Morgan fingerprint density at radius 3 is 2.66 bits per heavy atom. The van der Waals surface area contributed by atoms with Crippen LogP contribution in [0.25, 0.3) is 10.9 Å². The van der Waals surface area contributed by atoms with Crippen molar-refractivity contribution in [3.8, 4) is 11.5 Å². The Hall–Kier alpha value is -2.42. The number of aromatic nitrogens is 1. The predicted octanol–water partition coefficient (Wildman–Crippen LogP) is 4.80. The van der Waals surface area contributed by atoms with Gasteiger partial charge in [-0.3, -0.25) is 0 Å². The van der Waals surface area contributed by atoms with Gasteiger partial charge in [-0.25, -0.2) is 4.99 Å². The highest BCUT2D eigenvalue weighted by molar-refractivity contribution is 14.0. The lowest BCUT2D eigenvalue weighted by Gasteiger charge is -2.11. The molecule has 0 saturated heterocycles. The fourth-order valence-corrected chi connectivity index (χ4v) is 3.51. The number of guanidine groups is 1. The molecule has 0 spiro atoms. The summed E-state index contributed by atoms with van der Waals surface area (Å²) in [6.07, 6.45) is 0.879. The van der Waals surface area contributed by atoms with Crippen molar-refractivity contribution in [2.24, 2.45) is 10.7 Å². The standard InChI is InChI=1S/C22H26N4O2.HI/c1-13-9-16(21-18(10-13)14(2)15(3)25-21)12-24-22(23)26-17-5-6-19-20(11-17)28-8-4-7-27-19;/h5-6,9-11,25H,4,7-8,12H2,1-3H3,(H3,23,24,26);1H. The Kier molecular flexibility index (Phi) is 6.56. The third kappa shape index (κ3) is 4.60. The van der Waals surface area contributed by atoms with Crippen molar-refractivity contribution in [2.45, 2.75) is 33.7 Å². The van der Waals surface area contributed by atoms with Crippen LogP contribution in [0, 0.1) is 20.8 Å². The van der Waals surface area contributed by atoms with Gasteiger partial charge in [-0.1, -0.05) is 11.6 Å². The Balaban J connectivity index is 0.00000240. The van der Waals surface area contributed by atoms with E-state index in [4.69, 9.17) is 15.2 Å². The first kappa shape index (κ1) is 21.3. The van der Waals surface area contributed by atoms with E-state index in [1.54, 1.807) is 0 Å². The van der Waals surface area contributed by atoms with E-state index in [9.17, 15) is 0 Å². The van der Waals surface area contributed by atoms with Crippen molar-refractivity contribution in [2.75, 3.05) is 18.5 Å². The van der Waals surface area contributed by atoms with E-state index in [1.807, 2.05) is 18.2 Å². The minimum Gasteiger partial charge on any atom is -0.490 e. The summed E-state index contributed by atoms with van der Waals surface area (Å²) < 4.78 is 11.4. The van der Waals surface area contributed by atoms with Crippen LogP contribution in [0.1, 0.15) is 28.8 Å². The number of hydrogen-bond donors (Lipinski definition) is 3. The van der Waals surface area contributed by atoms with E-state index in [-0.39, 0.29) is 24.0 Å². The van der Waals surface area contributed by atoms with Crippen LogP contribution in [0.3, 0.4) is 0 Å². The van der Waals surface area contributed by atoms with Gasteiger partial charge < -0.3 is 25.5 Å². The first-order valence-electron chi connectivity index (χ1n) is 9.56. The number of fused-ring (bicyclic) bond motifs is 2. The highest BCUT2D eigenvalue weighted by Crippen LogP contribution is 2.32. The largest absolute Gasteiger partial charge is 0.490 e. The summed E-state index contributed by atoms with van der Waals surface area (Å²) >= 11 is 0. The molecule has 29 heavy (non-hydrogen) atoms. The second-order valence-electron chi connectivity index (χ2n) is 7.26. The Labute approximate surface area is 187 Å². The summed E-state index contributed by atoms with van der Waals surface area (Å²) in [7, 11) is 0. The number of hydrogen-bond acceptors (Lipinski definition) is 3. The average Bonchev–Trinajstić information content (AvgIpc) is 2.85.